The predicted octanol–water partition coefficient (Wildman–Crippen LogP) is 2.85. The Morgan fingerprint density at radius 2 is 1.75 bits per heavy atom. The second-order valence-corrected chi connectivity index (χ2v) is 4.68. The molecule has 0 aliphatic rings. The average molecular weight is 290 g/mol. The third kappa shape index (κ3) is 4.29. The Labute approximate surface area is 122 Å². The van der Waals surface area contributed by atoms with Crippen LogP contribution in [0.4, 0.5) is 10.1 Å². The highest BCUT2D eigenvalue weighted by atomic mass is 32.1. The molecule has 2 rings (SSSR count). The van der Waals surface area contributed by atoms with E-state index in [1.54, 1.807) is 12.1 Å². The van der Waals surface area contributed by atoms with Crippen LogP contribution in [0.25, 0.3) is 0 Å². The van der Waals surface area contributed by atoms with Gasteiger partial charge in [0, 0.05) is 12.2 Å². The van der Waals surface area contributed by atoms with Gasteiger partial charge in [-0.25, -0.2) is 4.39 Å². The van der Waals surface area contributed by atoms with Gasteiger partial charge in [-0.1, -0.05) is 30.3 Å². The Morgan fingerprint density at radius 1 is 1.10 bits per heavy atom. The third-order valence-corrected chi connectivity index (χ3v) is 2.99. The summed E-state index contributed by atoms with van der Waals surface area (Å²) in [6, 6.07) is 15.2. The summed E-state index contributed by atoms with van der Waals surface area (Å²) in [5.41, 5.74) is 1.52. The Hall–Kier alpha value is -1.98. The number of rotatable bonds is 4. The van der Waals surface area contributed by atoms with Crippen LogP contribution >= 0.6 is 12.2 Å². The van der Waals surface area contributed by atoms with Crippen LogP contribution in [0.1, 0.15) is 11.7 Å². The van der Waals surface area contributed by atoms with E-state index in [0.717, 1.165) is 5.56 Å². The van der Waals surface area contributed by atoms with E-state index in [4.69, 9.17) is 12.2 Å². The van der Waals surface area contributed by atoms with Crippen molar-refractivity contribution in [3.05, 3.63) is 66.0 Å². The van der Waals surface area contributed by atoms with Crippen LogP contribution < -0.4 is 10.6 Å². The molecule has 0 radical (unpaired) electrons. The number of hydrogen-bond acceptors (Lipinski definition) is 2. The van der Waals surface area contributed by atoms with Gasteiger partial charge in [0.25, 0.3) is 0 Å². The van der Waals surface area contributed by atoms with E-state index in [-0.39, 0.29) is 5.82 Å². The molecule has 0 heterocycles. The first-order valence-electron chi connectivity index (χ1n) is 6.18. The number of benzene rings is 2. The molecule has 0 saturated heterocycles. The van der Waals surface area contributed by atoms with Crippen molar-refractivity contribution in [1.82, 2.24) is 5.32 Å². The Morgan fingerprint density at radius 3 is 2.40 bits per heavy atom. The minimum absolute atomic E-state index is 0.297. The van der Waals surface area contributed by atoms with Gasteiger partial charge in [-0.15, -0.1) is 0 Å². The maximum absolute atomic E-state index is 12.8. The van der Waals surface area contributed by atoms with Gasteiger partial charge in [-0.3, -0.25) is 0 Å². The monoisotopic (exact) mass is 290 g/mol. The van der Waals surface area contributed by atoms with E-state index in [1.165, 1.54) is 12.1 Å². The minimum Gasteiger partial charge on any atom is -0.387 e. The Kier molecular flexibility index (Phi) is 5.03. The molecule has 2 aromatic rings. The van der Waals surface area contributed by atoms with Crippen LogP contribution in [0.2, 0.25) is 0 Å². The molecule has 0 saturated carbocycles. The van der Waals surface area contributed by atoms with Crippen LogP contribution in [0.5, 0.6) is 0 Å². The van der Waals surface area contributed by atoms with Gasteiger partial charge in [0.2, 0.25) is 0 Å². The summed E-state index contributed by atoms with van der Waals surface area (Å²) >= 11 is 5.11. The highest BCUT2D eigenvalue weighted by molar-refractivity contribution is 7.80. The van der Waals surface area contributed by atoms with Crippen molar-refractivity contribution in [2.45, 2.75) is 6.10 Å². The van der Waals surface area contributed by atoms with Gasteiger partial charge in [-0.05, 0) is 42.0 Å². The molecule has 3 N–H and O–H groups in total. The van der Waals surface area contributed by atoms with Crippen LogP contribution in [-0.2, 0) is 0 Å². The number of anilines is 1. The predicted molar refractivity (Wildman–Crippen MR) is 82.0 cm³/mol. The zero-order valence-corrected chi connectivity index (χ0v) is 11.5. The zero-order valence-electron chi connectivity index (χ0n) is 10.7. The van der Waals surface area contributed by atoms with E-state index in [0.29, 0.717) is 17.3 Å². The highest BCUT2D eigenvalue weighted by Crippen LogP contribution is 2.11. The second kappa shape index (κ2) is 6.98. The van der Waals surface area contributed by atoms with Gasteiger partial charge >= 0.3 is 0 Å². The fourth-order valence-corrected chi connectivity index (χ4v) is 1.89. The number of thiocarbonyl (C=S) groups is 1. The van der Waals surface area contributed by atoms with Crippen LogP contribution in [0.15, 0.2) is 54.6 Å². The van der Waals surface area contributed by atoms with Crippen molar-refractivity contribution >= 4 is 23.0 Å². The number of aliphatic hydroxyl groups excluding tert-OH is 1. The van der Waals surface area contributed by atoms with Crippen molar-refractivity contribution in [3.8, 4) is 0 Å². The summed E-state index contributed by atoms with van der Waals surface area (Å²) in [6.45, 7) is 0.303. The van der Waals surface area contributed by atoms with E-state index in [9.17, 15) is 9.50 Å². The fourth-order valence-electron chi connectivity index (χ4n) is 1.69. The molecule has 1 atom stereocenters. The average Bonchev–Trinajstić information content (AvgIpc) is 2.48. The van der Waals surface area contributed by atoms with Crippen molar-refractivity contribution in [1.29, 1.82) is 0 Å². The summed E-state index contributed by atoms with van der Waals surface area (Å²) in [4.78, 5) is 0. The van der Waals surface area contributed by atoms with Crippen LogP contribution in [-0.4, -0.2) is 16.8 Å². The van der Waals surface area contributed by atoms with Gasteiger partial charge in [0.05, 0.1) is 6.10 Å². The molecule has 0 aliphatic heterocycles. The molecule has 0 unspecified atom stereocenters. The van der Waals surface area contributed by atoms with Gasteiger partial charge < -0.3 is 15.7 Å². The lowest BCUT2D eigenvalue weighted by Crippen LogP contribution is -2.32. The van der Waals surface area contributed by atoms with E-state index in [1.807, 2.05) is 30.3 Å². The zero-order chi connectivity index (χ0) is 14.4. The standard InChI is InChI=1S/C15H15FN2OS/c16-12-6-8-13(9-7-12)18-15(20)17-10-14(19)11-4-2-1-3-5-11/h1-9,14,19H,10H2,(H2,17,18,20)/t14-/m0/s1. The fraction of sp³-hybridized carbons (Fsp3) is 0.133. The van der Waals surface area contributed by atoms with Crippen molar-refractivity contribution in [2.75, 3.05) is 11.9 Å². The van der Waals surface area contributed by atoms with Gasteiger partial charge in [0.1, 0.15) is 5.82 Å². The smallest absolute Gasteiger partial charge is 0.170 e. The highest BCUT2D eigenvalue weighted by Gasteiger charge is 2.07. The largest absolute Gasteiger partial charge is 0.387 e. The van der Waals surface area contributed by atoms with Crippen molar-refractivity contribution in [3.63, 3.8) is 0 Å². The molecule has 0 aliphatic carbocycles. The summed E-state index contributed by atoms with van der Waals surface area (Å²) < 4.78 is 12.8. The first-order valence-corrected chi connectivity index (χ1v) is 6.59. The molecule has 0 spiro atoms. The molecule has 0 amide bonds. The number of nitrogens with one attached hydrogen (secondary N) is 2. The second-order valence-electron chi connectivity index (χ2n) is 4.27. The number of halogens is 1. The summed E-state index contributed by atoms with van der Waals surface area (Å²) in [6.07, 6.45) is -0.635. The molecule has 5 heteroatoms. The molecule has 104 valence electrons. The molecular weight excluding hydrogens is 275 g/mol. The first kappa shape index (κ1) is 14.4. The van der Waals surface area contributed by atoms with E-state index >= 15 is 0 Å². The molecule has 0 aromatic heterocycles. The summed E-state index contributed by atoms with van der Waals surface area (Å²) in [5.74, 6) is -0.297. The molecular formula is C15H15FN2OS. The number of aliphatic hydroxyl groups is 1. The van der Waals surface area contributed by atoms with Gasteiger partial charge in [0.15, 0.2) is 5.11 Å². The minimum atomic E-state index is -0.635. The third-order valence-electron chi connectivity index (χ3n) is 2.74. The molecule has 2 aromatic carbocycles. The number of hydrogen-bond donors (Lipinski definition) is 3. The van der Waals surface area contributed by atoms with E-state index < -0.39 is 6.10 Å². The Balaban J connectivity index is 1.82. The Bertz CT molecular complexity index is 560. The molecule has 0 bridgehead atoms. The molecule has 20 heavy (non-hydrogen) atoms. The first-order chi connectivity index (χ1) is 9.65. The lowest BCUT2D eigenvalue weighted by Gasteiger charge is -2.14. The molecule has 3 nitrogen and oxygen atoms in total. The van der Waals surface area contributed by atoms with Gasteiger partial charge in [-0.2, -0.15) is 0 Å². The van der Waals surface area contributed by atoms with Crippen molar-refractivity contribution < 1.29 is 9.50 Å². The maximum atomic E-state index is 12.8. The summed E-state index contributed by atoms with van der Waals surface area (Å²) in [5, 5.41) is 16.2. The van der Waals surface area contributed by atoms with Crippen LogP contribution in [0, 0.1) is 5.82 Å². The van der Waals surface area contributed by atoms with Crippen molar-refractivity contribution in [2.24, 2.45) is 0 Å². The topological polar surface area (TPSA) is 44.3 Å². The normalized spacial score (nSPS) is 11.7. The lowest BCUT2D eigenvalue weighted by atomic mass is 10.1. The molecule has 0 fully saturated rings. The lowest BCUT2D eigenvalue weighted by molar-refractivity contribution is 0.181. The van der Waals surface area contributed by atoms with Crippen LogP contribution in [0.3, 0.4) is 0 Å². The summed E-state index contributed by atoms with van der Waals surface area (Å²) in [7, 11) is 0. The quantitative estimate of drug-likeness (QED) is 0.758. The van der Waals surface area contributed by atoms with E-state index in [2.05, 4.69) is 10.6 Å². The maximum Gasteiger partial charge on any atom is 0.170 e. The SMILES string of the molecule is O[C@@H](CNC(=S)Nc1ccc(F)cc1)c1ccccc1.